The van der Waals surface area contributed by atoms with Gasteiger partial charge in [0, 0.05) is 18.7 Å². The Hall–Kier alpha value is -3.42. The number of anilines is 1. The highest BCUT2D eigenvalue weighted by Gasteiger charge is 2.32. The topological polar surface area (TPSA) is 69.6 Å². The zero-order chi connectivity index (χ0) is 22.5. The number of aromatic hydroxyl groups is 1. The van der Waals surface area contributed by atoms with E-state index in [9.17, 15) is 14.7 Å². The van der Waals surface area contributed by atoms with Crippen LogP contribution in [0.15, 0.2) is 83.8 Å². The van der Waals surface area contributed by atoms with E-state index in [4.69, 9.17) is 12.2 Å². The largest absolute Gasteiger partial charge is 0.508 e. The zero-order valence-electron chi connectivity index (χ0n) is 17.0. The summed E-state index contributed by atoms with van der Waals surface area (Å²) in [6, 6.07) is 24.3. The van der Waals surface area contributed by atoms with E-state index in [1.54, 1.807) is 12.1 Å². The molecule has 160 valence electrons. The van der Waals surface area contributed by atoms with Gasteiger partial charge in [0.25, 0.3) is 5.91 Å². The number of hydrogen-bond donors (Lipinski definition) is 2. The van der Waals surface area contributed by atoms with E-state index in [-0.39, 0.29) is 30.5 Å². The van der Waals surface area contributed by atoms with Crippen LogP contribution in [0.5, 0.6) is 5.75 Å². The minimum Gasteiger partial charge on any atom is -0.508 e. The molecule has 3 aromatic carbocycles. The first-order valence-corrected chi connectivity index (χ1v) is 11.2. The third kappa shape index (κ3) is 5.25. The van der Waals surface area contributed by atoms with Crippen LogP contribution in [0, 0.1) is 0 Å². The fourth-order valence-corrected chi connectivity index (χ4v) is 4.54. The first kappa shape index (κ1) is 21.8. The van der Waals surface area contributed by atoms with Crippen LogP contribution in [-0.2, 0) is 9.59 Å². The molecule has 3 aromatic rings. The van der Waals surface area contributed by atoms with Crippen molar-refractivity contribution in [1.29, 1.82) is 0 Å². The van der Waals surface area contributed by atoms with Crippen LogP contribution in [0.25, 0.3) is 17.2 Å². The summed E-state index contributed by atoms with van der Waals surface area (Å²) in [5.41, 5.74) is 3.73. The molecule has 2 N–H and O–H groups in total. The molecule has 0 aliphatic carbocycles. The van der Waals surface area contributed by atoms with Crippen LogP contribution in [0.3, 0.4) is 0 Å². The molecule has 0 atom stereocenters. The Morgan fingerprint density at radius 2 is 1.62 bits per heavy atom. The maximum atomic E-state index is 12.8. The number of phenols is 1. The minimum atomic E-state index is -0.231. The van der Waals surface area contributed by atoms with Crippen LogP contribution in [0.4, 0.5) is 5.69 Å². The second-order valence-corrected chi connectivity index (χ2v) is 8.84. The quantitative estimate of drug-likeness (QED) is 0.297. The van der Waals surface area contributed by atoms with Gasteiger partial charge < -0.3 is 10.4 Å². The maximum absolute atomic E-state index is 12.8. The van der Waals surface area contributed by atoms with Crippen molar-refractivity contribution in [2.75, 3.05) is 11.9 Å². The highest BCUT2D eigenvalue weighted by molar-refractivity contribution is 8.26. The predicted octanol–water partition coefficient (Wildman–Crippen LogP) is 5.29. The second-order valence-electron chi connectivity index (χ2n) is 7.17. The van der Waals surface area contributed by atoms with Crippen molar-refractivity contribution in [3.63, 3.8) is 0 Å². The van der Waals surface area contributed by atoms with Crippen LogP contribution in [0.1, 0.15) is 12.0 Å². The van der Waals surface area contributed by atoms with E-state index in [0.29, 0.717) is 14.9 Å². The van der Waals surface area contributed by atoms with Crippen LogP contribution < -0.4 is 5.32 Å². The number of thiocarbonyl (C=S) groups is 1. The molecule has 1 aliphatic rings. The minimum absolute atomic E-state index is 0.117. The Labute approximate surface area is 195 Å². The van der Waals surface area contributed by atoms with Crippen molar-refractivity contribution in [3.8, 4) is 16.9 Å². The lowest BCUT2D eigenvalue weighted by atomic mass is 10.0. The Bertz CT molecular complexity index is 1170. The number of hydrogen-bond acceptors (Lipinski definition) is 5. The number of carbonyl (C=O) groups is 2. The van der Waals surface area contributed by atoms with Crippen molar-refractivity contribution in [2.45, 2.75) is 6.42 Å². The molecule has 0 bridgehead atoms. The van der Waals surface area contributed by atoms with Gasteiger partial charge in [-0.3, -0.25) is 14.5 Å². The lowest BCUT2D eigenvalue weighted by molar-refractivity contribution is -0.122. The first-order chi connectivity index (χ1) is 15.5. The van der Waals surface area contributed by atoms with Gasteiger partial charge >= 0.3 is 0 Å². The Kier molecular flexibility index (Phi) is 6.68. The van der Waals surface area contributed by atoms with Crippen molar-refractivity contribution < 1.29 is 14.7 Å². The third-order valence-corrected chi connectivity index (χ3v) is 6.28. The smallest absolute Gasteiger partial charge is 0.266 e. The molecule has 0 spiro atoms. The van der Waals surface area contributed by atoms with E-state index in [0.717, 1.165) is 16.7 Å². The molecule has 1 fully saturated rings. The molecule has 0 unspecified atom stereocenters. The van der Waals surface area contributed by atoms with Gasteiger partial charge in [0.15, 0.2) is 0 Å². The fraction of sp³-hybridized carbons (Fsp3) is 0.0800. The summed E-state index contributed by atoms with van der Waals surface area (Å²) < 4.78 is 0.444. The summed E-state index contributed by atoms with van der Waals surface area (Å²) in [5, 5.41) is 12.1. The summed E-state index contributed by atoms with van der Waals surface area (Å²) in [5.74, 6) is -0.295. The number of thioether (sulfide) groups is 1. The molecule has 1 aliphatic heterocycles. The molecular formula is C25H20N2O3S2. The highest BCUT2D eigenvalue weighted by Crippen LogP contribution is 2.33. The summed E-state index contributed by atoms with van der Waals surface area (Å²) in [7, 11) is 0. The molecule has 7 heteroatoms. The summed E-state index contributed by atoms with van der Waals surface area (Å²) in [6.07, 6.45) is 1.94. The highest BCUT2D eigenvalue weighted by atomic mass is 32.2. The third-order valence-electron chi connectivity index (χ3n) is 4.90. The average Bonchev–Trinajstić information content (AvgIpc) is 3.07. The van der Waals surface area contributed by atoms with E-state index in [1.165, 1.54) is 28.8 Å². The van der Waals surface area contributed by atoms with Crippen LogP contribution in [0.2, 0.25) is 0 Å². The molecule has 2 amide bonds. The molecule has 4 rings (SSSR count). The predicted molar refractivity (Wildman–Crippen MR) is 133 cm³/mol. The molecule has 0 saturated carbocycles. The molecule has 32 heavy (non-hydrogen) atoms. The lowest BCUT2D eigenvalue weighted by Crippen LogP contribution is -2.31. The molecule has 1 heterocycles. The van der Waals surface area contributed by atoms with E-state index < -0.39 is 0 Å². The standard InChI is InChI=1S/C25H20N2O3S2/c28-21-12-10-20(11-13-21)26-23(29)14-15-27-24(30)22(32-25(27)31)16-17-6-8-19(9-7-17)18-4-2-1-3-5-18/h1-13,16,28H,14-15H2,(H,26,29)/b22-16-. The van der Waals surface area contributed by atoms with Gasteiger partial charge in [0.1, 0.15) is 10.1 Å². The van der Waals surface area contributed by atoms with Gasteiger partial charge in [-0.2, -0.15) is 0 Å². The van der Waals surface area contributed by atoms with Gasteiger partial charge in [-0.15, -0.1) is 0 Å². The van der Waals surface area contributed by atoms with Crippen molar-refractivity contribution in [2.24, 2.45) is 0 Å². The molecular weight excluding hydrogens is 440 g/mol. The first-order valence-electron chi connectivity index (χ1n) is 9.99. The fourth-order valence-electron chi connectivity index (χ4n) is 3.23. The molecule has 5 nitrogen and oxygen atoms in total. The number of benzene rings is 3. The Morgan fingerprint density at radius 1 is 0.969 bits per heavy atom. The van der Waals surface area contributed by atoms with Crippen molar-refractivity contribution in [1.82, 2.24) is 4.90 Å². The Morgan fingerprint density at radius 3 is 2.31 bits per heavy atom. The Balaban J connectivity index is 1.37. The average molecular weight is 461 g/mol. The normalized spacial score (nSPS) is 14.8. The molecule has 0 aromatic heterocycles. The number of phenolic OH excluding ortho intramolecular Hbond substituents is 1. The van der Waals surface area contributed by atoms with Gasteiger partial charge in [0.2, 0.25) is 5.91 Å². The number of amides is 2. The number of nitrogens with one attached hydrogen (secondary N) is 1. The monoisotopic (exact) mass is 460 g/mol. The number of rotatable bonds is 6. The van der Waals surface area contributed by atoms with Gasteiger partial charge in [-0.05, 0) is 47.0 Å². The van der Waals surface area contributed by atoms with Crippen molar-refractivity contribution in [3.05, 3.63) is 89.3 Å². The van der Waals surface area contributed by atoms with Crippen LogP contribution >= 0.6 is 24.0 Å². The summed E-state index contributed by atoms with van der Waals surface area (Å²) >= 11 is 6.60. The van der Waals surface area contributed by atoms with Gasteiger partial charge in [-0.1, -0.05) is 78.6 Å². The number of carbonyl (C=O) groups excluding carboxylic acids is 2. The van der Waals surface area contributed by atoms with E-state index >= 15 is 0 Å². The molecule has 1 saturated heterocycles. The molecule has 0 radical (unpaired) electrons. The summed E-state index contributed by atoms with van der Waals surface area (Å²) in [4.78, 5) is 27.0. The van der Waals surface area contributed by atoms with Gasteiger partial charge in [-0.25, -0.2) is 0 Å². The zero-order valence-corrected chi connectivity index (χ0v) is 18.7. The van der Waals surface area contributed by atoms with Crippen molar-refractivity contribution >= 4 is 51.9 Å². The maximum Gasteiger partial charge on any atom is 0.266 e. The summed E-state index contributed by atoms with van der Waals surface area (Å²) in [6.45, 7) is 0.207. The second kappa shape index (κ2) is 9.80. The van der Waals surface area contributed by atoms with E-state index in [1.807, 2.05) is 48.5 Å². The van der Waals surface area contributed by atoms with Gasteiger partial charge in [0.05, 0.1) is 4.91 Å². The lowest BCUT2D eigenvalue weighted by Gasteiger charge is -2.14. The SMILES string of the molecule is O=C(CCN1C(=O)/C(=C/c2ccc(-c3ccccc3)cc2)SC1=S)Nc1ccc(O)cc1. The number of nitrogens with zero attached hydrogens (tertiary/aromatic N) is 1. The van der Waals surface area contributed by atoms with Crippen LogP contribution in [-0.4, -0.2) is 32.7 Å². The van der Waals surface area contributed by atoms with E-state index in [2.05, 4.69) is 17.4 Å².